The number of hydrazine groups is 1. The van der Waals surface area contributed by atoms with Crippen molar-refractivity contribution in [2.45, 2.75) is 18.5 Å². The average molecular weight is 402 g/mol. The number of nitrogens with one attached hydrogen (secondary N) is 2. The minimum atomic E-state index is -0.490. The zero-order valence-corrected chi connectivity index (χ0v) is 16.5. The van der Waals surface area contributed by atoms with Gasteiger partial charge in [0.15, 0.2) is 0 Å². The van der Waals surface area contributed by atoms with Gasteiger partial charge in [-0.25, -0.2) is 9.82 Å². The lowest BCUT2D eigenvalue weighted by Gasteiger charge is -2.36. The Bertz CT molecular complexity index is 1040. The highest BCUT2D eigenvalue weighted by Gasteiger charge is 2.41. The summed E-state index contributed by atoms with van der Waals surface area (Å²) in [6, 6.07) is 20.6. The maximum atomic E-state index is 13.5. The highest BCUT2D eigenvalue weighted by Crippen LogP contribution is 2.35. The van der Waals surface area contributed by atoms with Gasteiger partial charge in [-0.15, -0.1) is 0 Å². The summed E-state index contributed by atoms with van der Waals surface area (Å²) in [7, 11) is 0. The molecule has 3 unspecified atom stereocenters. The van der Waals surface area contributed by atoms with Gasteiger partial charge in [0.05, 0.1) is 17.8 Å². The molecule has 2 N–H and O–H groups in total. The Morgan fingerprint density at radius 3 is 2.53 bits per heavy atom. The van der Waals surface area contributed by atoms with Crippen molar-refractivity contribution in [1.29, 1.82) is 0 Å². The summed E-state index contributed by atoms with van der Waals surface area (Å²) in [6.45, 7) is 1.26. The number of amides is 1. The molecule has 0 spiro atoms. The standard InChI is InChI=1S/C24H23FN4O/c25-20-12-19(13-26-14-20)24(30)29-11-10-22-21(15-29)23(28-27-22)18-8-6-17(7-9-18)16-4-2-1-3-5-16/h1-9,12-14,21-23,27-28H,10-11,15H2. The van der Waals surface area contributed by atoms with Gasteiger partial charge < -0.3 is 4.90 Å². The number of pyridine rings is 1. The molecule has 5 rings (SSSR count). The zero-order chi connectivity index (χ0) is 20.5. The van der Waals surface area contributed by atoms with Gasteiger partial charge in [0.1, 0.15) is 5.82 Å². The number of hydrogen-bond donors (Lipinski definition) is 2. The van der Waals surface area contributed by atoms with E-state index in [2.05, 4.69) is 52.2 Å². The molecule has 2 aromatic carbocycles. The number of rotatable bonds is 3. The number of benzene rings is 2. The number of likely N-dealkylation sites (tertiary alicyclic amines) is 1. The van der Waals surface area contributed by atoms with E-state index in [-0.39, 0.29) is 17.9 Å². The van der Waals surface area contributed by atoms with Crippen LogP contribution in [0, 0.1) is 11.7 Å². The summed E-state index contributed by atoms with van der Waals surface area (Å²) in [5.41, 5.74) is 10.7. The number of hydrogen-bond acceptors (Lipinski definition) is 4. The van der Waals surface area contributed by atoms with Crippen molar-refractivity contribution >= 4 is 5.91 Å². The van der Waals surface area contributed by atoms with E-state index in [0.717, 1.165) is 12.6 Å². The Balaban J connectivity index is 1.33. The molecular formula is C24H23FN4O. The van der Waals surface area contributed by atoms with Crippen LogP contribution in [0.15, 0.2) is 73.1 Å². The second kappa shape index (κ2) is 7.97. The van der Waals surface area contributed by atoms with Gasteiger partial charge in [0.25, 0.3) is 5.91 Å². The number of fused-ring (bicyclic) bond motifs is 1. The first-order valence-corrected chi connectivity index (χ1v) is 10.3. The molecule has 0 radical (unpaired) electrons. The molecular weight excluding hydrogens is 379 g/mol. The SMILES string of the molecule is O=C(c1cncc(F)c1)N1CCC2NNC(c3ccc(-c4ccccc4)cc3)C2C1. The minimum absolute atomic E-state index is 0.112. The normalized spacial score (nSPS) is 23.2. The van der Waals surface area contributed by atoms with Crippen molar-refractivity contribution in [3.8, 4) is 11.1 Å². The van der Waals surface area contributed by atoms with E-state index in [0.29, 0.717) is 24.7 Å². The third-order valence-corrected chi connectivity index (χ3v) is 6.13. The van der Waals surface area contributed by atoms with Crippen LogP contribution in [0.1, 0.15) is 28.4 Å². The van der Waals surface area contributed by atoms with Crippen LogP contribution < -0.4 is 10.9 Å². The smallest absolute Gasteiger partial charge is 0.255 e. The van der Waals surface area contributed by atoms with Crippen LogP contribution in [0.3, 0.4) is 0 Å². The van der Waals surface area contributed by atoms with Crippen molar-refractivity contribution in [3.05, 3.63) is 90.0 Å². The van der Waals surface area contributed by atoms with Crippen LogP contribution in [0.4, 0.5) is 4.39 Å². The molecule has 0 bridgehead atoms. The number of aromatic nitrogens is 1. The van der Waals surface area contributed by atoms with E-state index in [9.17, 15) is 9.18 Å². The topological polar surface area (TPSA) is 57.3 Å². The number of piperidine rings is 1. The Morgan fingerprint density at radius 1 is 1.00 bits per heavy atom. The second-order valence-corrected chi connectivity index (χ2v) is 7.96. The predicted octanol–water partition coefficient (Wildman–Crippen LogP) is 3.57. The van der Waals surface area contributed by atoms with Crippen molar-refractivity contribution in [1.82, 2.24) is 20.7 Å². The van der Waals surface area contributed by atoms with Gasteiger partial charge in [-0.05, 0) is 29.2 Å². The average Bonchev–Trinajstić information content (AvgIpc) is 3.22. The molecule has 3 heterocycles. The Hall–Kier alpha value is -3.09. The fourth-order valence-electron chi connectivity index (χ4n) is 4.54. The van der Waals surface area contributed by atoms with Gasteiger partial charge in [0, 0.05) is 31.2 Å². The van der Waals surface area contributed by atoms with E-state index in [4.69, 9.17) is 0 Å². The Kier molecular flexibility index (Phi) is 5.02. The first-order valence-electron chi connectivity index (χ1n) is 10.3. The Labute approximate surface area is 174 Å². The molecule has 6 heteroatoms. The maximum Gasteiger partial charge on any atom is 0.255 e. The van der Waals surface area contributed by atoms with Gasteiger partial charge in [0.2, 0.25) is 0 Å². The summed E-state index contributed by atoms with van der Waals surface area (Å²) in [6.07, 6.45) is 3.40. The Morgan fingerprint density at radius 2 is 1.77 bits per heavy atom. The van der Waals surface area contributed by atoms with E-state index < -0.39 is 5.82 Å². The fraction of sp³-hybridized carbons (Fsp3) is 0.250. The molecule has 3 aromatic rings. The molecule has 2 saturated heterocycles. The zero-order valence-electron chi connectivity index (χ0n) is 16.5. The molecule has 2 fully saturated rings. The van der Waals surface area contributed by atoms with Gasteiger partial charge in [-0.1, -0.05) is 54.6 Å². The van der Waals surface area contributed by atoms with Gasteiger partial charge in [-0.3, -0.25) is 15.2 Å². The third-order valence-electron chi connectivity index (χ3n) is 6.13. The fourth-order valence-corrected chi connectivity index (χ4v) is 4.54. The van der Waals surface area contributed by atoms with Crippen LogP contribution in [0.5, 0.6) is 0 Å². The van der Waals surface area contributed by atoms with Crippen molar-refractivity contribution in [3.63, 3.8) is 0 Å². The molecule has 0 saturated carbocycles. The number of carbonyl (C=O) groups is 1. The molecule has 0 aliphatic carbocycles. The summed E-state index contributed by atoms with van der Waals surface area (Å²) in [5.74, 6) is -0.409. The largest absolute Gasteiger partial charge is 0.338 e. The highest BCUT2D eigenvalue weighted by atomic mass is 19.1. The summed E-state index contributed by atoms with van der Waals surface area (Å²) in [5, 5.41) is 0. The number of nitrogens with zero attached hydrogens (tertiary/aromatic N) is 2. The highest BCUT2D eigenvalue weighted by molar-refractivity contribution is 5.94. The molecule has 1 aromatic heterocycles. The van der Waals surface area contributed by atoms with E-state index >= 15 is 0 Å². The van der Waals surface area contributed by atoms with Crippen molar-refractivity contribution in [2.24, 2.45) is 5.92 Å². The first kappa shape index (κ1) is 18.9. The van der Waals surface area contributed by atoms with Crippen molar-refractivity contribution < 1.29 is 9.18 Å². The molecule has 3 atom stereocenters. The number of carbonyl (C=O) groups excluding carboxylic acids is 1. The molecule has 2 aliphatic heterocycles. The molecule has 152 valence electrons. The van der Waals surface area contributed by atoms with Crippen LogP contribution >= 0.6 is 0 Å². The first-order chi connectivity index (χ1) is 14.7. The van der Waals surface area contributed by atoms with E-state index in [1.54, 1.807) is 0 Å². The van der Waals surface area contributed by atoms with Crippen LogP contribution in [-0.2, 0) is 0 Å². The second-order valence-electron chi connectivity index (χ2n) is 7.96. The predicted molar refractivity (Wildman–Crippen MR) is 113 cm³/mol. The third kappa shape index (κ3) is 3.60. The van der Waals surface area contributed by atoms with Crippen LogP contribution in [0.2, 0.25) is 0 Å². The molecule has 2 aliphatic rings. The lowest BCUT2D eigenvalue weighted by Crippen LogP contribution is -2.47. The maximum absolute atomic E-state index is 13.5. The quantitative estimate of drug-likeness (QED) is 0.703. The van der Waals surface area contributed by atoms with Gasteiger partial charge in [-0.2, -0.15) is 0 Å². The molecule has 1 amide bonds. The lowest BCUT2D eigenvalue weighted by molar-refractivity contribution is 0.0651. The monoisotopic (exact) mass is 402 g/mol. The van der Waals surface area contributed by atoms with Crippen LogP contribution in [-0.4, -0.2) is 34.9 Å². The van der Waals surface area contributed by atoms with Crippen molar-refractivity contribution in [2.75, 3.05) is 13.1 Å². The van der Waals surface area contributed by atoms with Crippen LogP contribution in [0.25, 0.3) is 11.1 Å². The van der Waals surface area contributed by atoms with E-state index in [1.165, 1.54) is 29.0 Å². The summed E-state index contributed by atoms with van der Waals surface area (Å²) in [4.78, 5) is 18.5. The lowest BCUT2D eigenvalue weighted by atomic mass is 9.84. The molecule has 5 nitrogen and oxygen atoms in total. The van der Waals surface area contributed by atoms with E-state index in [1.807, 2.05) is 23.1 Å². The minimum Gasteiger partial charge on any atom is -0.338 e. The molecule has 30 heavy (non-hydrogen) atoms. The van der Waals surface area contributed by atoms with Gasteiger partial charge >= 0.3 is 0 Å². The summed E-state index contributed by atoms with van der Waals surface area (Å²) < 4.78 is 13.5. The summed E-state index contributed by atoms with van der Waals surface area (Å²) >= 11 is 0. The number of halogens is 1.